The van der Waals surface area contributed by atoms with Gasteiger partial charge in [-0.1, -0.05) is 29.1 Å². The summed E-state index contributed by atoms with van der Waals surface area (Å²) in [4.78, 5) is 11.2. The van der Waals surface area contributed by atoms with E-state index in [1.807, 2.05) is 0 Å². The van der Waals surface area contributed by atoms with E-state index >= 15 is 0 Å². The van der Waals surface area contributed by atoms with Crippen molar-refractivity contribution in [1.29, 1.82) is 0 Å². The highest BCUT2D eigenvalue weighted by molar-refractivity contribution is 6.35. The first-order valence-electron chi connectivity index (χ1n) is 8.00. The lowest BCUT2D eigenvalue weighted by Crippen LogP contribution is -2.38. The molecule has 0 fully saturated rings. The van der Waals surface area contributed by atoms with Gasteiger partial charge in [-0.2, -0.15) is 0 Å². The molecule has 2 aromatic carbocycles. The summed E-state index contributed by atoms with van der Waals surface area (Å²) in [5.74, 6) is 6.11. The molecule has 0 saturated heterocycles. The number of fused-ring (bicyclic) bond motifs is 1. The average molecular weight is 404 g/mol. The molecule has 0 saturated carbocycles. The fourth-order valence-corrected chi connectivity index (χ4v) is 2.87. The van der Waals surface area contributed by atoms with Crippen molar-refractivity contribution in [2.24, 2.45) is 0 Å². The third kappa shape index (κ3) is 4.82. The van der Waals surface area contributed by atoms with Crippen LogP contribution in [0.15, 0.2) is 57.7 Å². The summed E-state index contributed by atoms with van der Waals surface area (Å²) in [6.07, 6.45) is 0. The molecule has 0 aliphatic rings. The summed E-state index contributed by atoms with van der Waals surface area (Å²) in [5, 5.41) is 14.4. The van der Waals surface area contributed by atoms with Gasteiger partial charge in [0.1, 0.15) is 30.2 Å². The van der Waals surface area contributed by atoms with Crippen LogP contribution >= 0.6 is 23.2 Å². The summed E-state index contributed by atoms with van der Waals surface area (Å²) >= 11 is 11.8. The van der Waals surface area contributed by atoms with Gasteiger partial charge >= 0.3 is 5.63 Å². The van der Waals surface area contributed by atoms with E-state index in [-0.39, 0.29) is 13.2 Å². The van der Waals surface area contributed by atoms with Crippen LogP contribution in [-0.4, -0.2) is 20.2 Å². The van der Waals surface area contributed by atoms with Gasteiger partial charge in [0, 0.05) is 28.6 Å². The second-order valence-electron chi connectivity index (χ2n) is 5.95. The number of quaternary nitrogens is 1. The molecule has 138 valence electrons. The summed E-state index contributed by atoms with van der Waals surface area (Å²) in [5.41, 5.74) is 0.513. The molecule has 0 amide bonds. The molecular weight excluding hydrogens is 389 g/mol. The number of ether oxygens (including phenoxy) is 1. The number of hydrogen-bond acceptors (Lipinski definition) is 4. The topological polar surface area (TPSA) is 62.5 Å². The van der Waals surface area contributed by atoms with Crippen LogP contribution in [0.2, 0.25) is 10.0 Å². The van der Waals surface area contributed by atoms with Gasteiger partial charge in [0.2, 0.25) is 0 Å². The van der Waals surface area contributed by atoms with Crippen molar-refractivity contribution in [2.45, 2.75) is 0 Å². The average Bonchev–Trinajstić information content (AvgIpc) is 2.62. The largest absolute Gasteiger partial charge is 0.627 e. The standard InChI is InChI=1S/C20H15Cl2NO4/c1-23(25,16-6-8-18-14(12-16)4-9-20(24)27-18)10-2-3-11-26-19-7-5-15(21)13-17(19)22/h4-9,12-13H,10-11H2,1H3. The van der Waals surface area contributed by atoms with Gasteiger partial charge in [-0.05, 0) is 36.3 Å². The molecular formula is C20H15Cl2NO4. The highest BCUT2D eigenvalue weighted by atomic mass is 35.5. The third-order valence-corrected chi connectivity index (χ3v) is 4.38. The minimum absolute atomic E-state index is 0.0417. The Morgan fingerprint density at radius 3 is 2.70 bits per heavy atom. The zero-order valence-corrected chi connectivity index (χ0v) is 15.9. The Bertz CT molecular complexity index is 1100. The Kier molecular flexibility index (Phi) is 5.73. The molecule has 7 heteroatoms. The van der Waals surface area contributed by atoms with Gasteiger partial charge in [-0.25, -0.2) is 4.79 Å². The molecule has 1 unspecified atom stereocenters. The van der Waals surface area contributed by atoms with Crippen molar-refractivity contribution in [1.82, 2.24) is 4.65 Å². The SMILES string of the molecule is C[N+]([O-])(CC#CCOc1ccc(Cl)cc1Cl)c1ccc2oc(=O)ccc2c1. The molecule has 1 heterocycles. The molecule has 0 spiro atoms. The predicted molar refractivity (Wildman–Crippen MR) is 108 cm³/mol. The maximum absolute atomic E-state index is 12.8. The molecule has 1 atom stereocenters. The van der Waals surface area contributed by atoms with Crippen LogP contribution in [0.25, 0.3) is 11.0 Å². The van der Waals surface area contributed by atoms with Crippen LogP contribution < -0.4 is 15.0 Å². The lowest BCUT2D eigenvalue weighted by atomic mass is 10.2. The number of benzene rings is 2. The van der Waals surface area contributed by atoms with Crippen LogP contribution in [-0.2, 0) is 0 Å². The van der Waals surface area contributed by atoms with E-state index in [1.165, 1.54) is 13.1 Å². The first-order chi connectivity index (χ1) is 12.8. The molecule has 0 radical (unpaired) electrons. The van der Waals surface area contributed by atoms with E-state index in [9.17, 15) is 10.0 Å². The van der Waals surface area contributed by atoms with E-state index < -0.39 is 10.3 Å². The molecule has 27 heavy (non-hydrogen) atoms. The lowest BCUT2D eigenvalue weighted by Gasteiger charge is -2.36. The number of rotatable bonds is 4. The molecule has 0 aliphatic heterocycles. The fourth-order valence-electron chi connectivity index (χ4n) is 2.41. The van der Waals surface area contributed by atoms with Gasteiger partial charge in [-0.3, -0.25) is 0 Å². The normalized spacial score (nSPS) is 12.9. The smallest absolute Gasteiger partial charge is 0.336 e. The number of nitrogens with zero attached hydrogens (tertiary/aromatic N) is 1. The van der Waals surface area contributed by atoms with Crippen molar-refractivity contribution >= 4 is 39.9 Å². The molecule has 1 aromatic heterocycles. The van der Waals surface area contributed by atoms with E-state index in [1.54, 1.807) is 42.5 Å². The van der Waals surface area contributed by atoms with Gasteiger partial charge in [0.15, 0.2) is 0 Å². The minimum atomic E-state index is -0.691. The Balaban J connectivity index is 1.65. The predicted octanol–water partition coefficient (Wildman–Crippen LogP) is 4.62. The number of hydrogen-bond donors (Lipinski definition) is 0. The minimum Gasteiger partial charge on any atom is -0.627 e. The van der Waals surface area contributed by atoms with Crippen molar-refractivity contribution in [3.63, 3.8) is 0 Å². The van der Waals surface area contributed by atoms with Crippen molar-refractivity contribution in [3.8, 4) is 17.6 Å². The highest BCUT2D eigenvalue weighted by Gasteiger charge is 2.14. The van der Waals surface area contributed by atoms with Crippen molar-refractivity contribution in [2.75, 3.05) is 20.2 Å². The monoisotopic (exact) mass is 403 g/mol. The maximum atomic E-state index is 12.8. The maximum Gasteiger partial charge on any atom is 0.336 e. The van der Waals surface area contributed by atoms with Gasteiger partial charge in [0.25, 0.3) is 0 Å². The summed E-state index contributed by atoms with van der Waals surface area (Å²) in [6.45, 7) is 0.143. The molecule has 0 bridgehead atoms. The molecule has 0 N–H and O–H groups in total. The van der Waals surface area contributed by atoms with Crippen LogP contribution in [0.1, 0.15) is 0 Å². The second kappa shape index (κ2) is 8.03. The van der Waals surface area contributed by atoms with E-state index in [0.717, 1.165) is 0 Å². The van der Waals surface area contributed by atoms with Crippen molar-refractivity contribution in [3.05, 3.63) is 74.2 Å². The van der Waals surface area contributed by atoms with Gasteiger partial charge in [-0.15, -0.1) is 0 Å². The first kappa shape index (κ1) is 19.3. The Hall–Kier alpha value is -2.49. The van der Waals surface area contributed by atoms with E-state index in [4.69, 9.17) is 32.4 Å². The second-order valence-corrected chi connectivity index (χ2v) is 6.80. The molecule has 0 aliphatic carbocycles. The summed E-state index contributed by atoms with van der Waals surface area (Å²) in [7, 11) is 1.51. The summed E-state index contributed by atoms with van der Waals surface area (Å²) < 4.78 is 9.85. The Morgan fingerprint density at radius 1 is 1.11 bits per heavy atom. The van der Waals surface area contributed by atoms with Crippen LogP contribution in [0.4, 0.5) is 5.69 Å². The van der Waals surface area contributed by atoms with Gasteiger partial charge in [0.05, 0.1) is 12.1 Å². The number of hydroxylamine groups is 2. The van der Waals surface area contributed by atoms with Gasteiger partial charge < -0.3 is 19.0 Å². The Morgan fingerprint density at radius 2 is 1.93 bits per heavy atom. The molecule has 3 rings (SSSR count). The third-order valence-electron chi connectivity index (χ3n) is 3.85. The van der Waals surface area contributed by atoms with Crippen LogP contribution in [0, 0.1) is 17.0 Å². The van der Waals surface area contributed by atoms with Crippen LogP contribution in [0.3, 0.4) is 0 Å². The van der Waals surface area contributed by atoms with Crippen LogP contribution in [0.5, 0.6) is 5.75 Å². The first-order valence-corrected chi connectivity index (χ1v) is 8.75. The quantitative estimate of drug-likeness (QED) is 0.276. The lowest BCUT2D eigenvalue weighted by molar-refractivity contribution is 0.370. The summed E-state index contributed by atoms with van der Waals surface area (Å²) in [6, 6.07) is 12.8. The Labute approximate surface area is 165 Å². The molecule has 3 aromatic rings. The highest BCUT2D eigenvalue weighted by Crippen LogP contribution is 2.27. The van der Waals surface area contributed by atoms with E-state index in [2.05, 4.69) is 11.8 Å². The fraction of sp³-hybridized carbons (Fsp3) is 0.150. The van der Waals surface area contributed by atoms with Crippen molar-refractivity contribution < 1.29 is 9.15 Å². The zero-order chi connectivity index (χ0) is 19.4. The van der Waals surface area contributed by atoms with E-state index in [0.29, 0.717) is 32.5 Å². The zero-order valence-electron chi connectivity index (χ0n) is 14.4. The number of halogens is 2. The molecule has 5 nitrogen and oxygen atoms in total.